The number of aryl methyl sites for hydroxylation is 1. The van der Waals surface area contributed by atoms with Crippen molar-refractivity contribution >= 4 is 29.0 Å². The van der Waals surface area contributed by atoms with Gasteiger partial charge in [-0.2, -0.15) is 13.2 Å². The number of amides is 1. The van der Waals surface area contributed by atoms with Gasteiger partial charge in [0.05, 0.1) is 11.3 Å². The number of halogens is 4. The first kappa shape index (κ1) is 19.0. The summed E-state index contributed by atoms with van der Waals surface area (Å²) in [6.07, 6.45) is -4.59. The summed E-state index contributed by atoms with van der Waals surface area (Å²) in [6, 6.07) is 4.55. The molecule has 0 fully saturated rings. The van der Waals surface area contributed by atoms with Gasteiger partial charge in [-0.1, -0.05) is 11.6 Å². The number of benzene rings is 1. The highest BCUT2D eigenvalue weighted by Crippen LogP contribution is 2.37. The Morgan fingerprint density at radius 1 is 1.20 bits per heavy atom. The molecule has 25 heavy (non-hydrogen) atoms. The fraction of sp³-hybridized carbons (Fsp3) is 0.312. The van der Waals surface area contributed by atoms with E-state index in [9.17, 15) is 18.0 Å². The van der Waals surface area contributed by atoms with Crippen molar-refractivity contribution in [3.05, 3.63) is 46.4 Å². The molecule has 0 saturated heterocycles. The molecular weight excluding hydrogens is 357 g/mol. The lowest BCUT2D eigenvalue weighted by Crippen LogP contribution is -2.31. The van der Waals surface area contributed by atoms with Crippen LogP contribution in [0.4, 0.5) is 24.7 Å². The molecule has 5 nitrogen and oxygen atoms in total. The second-order valence-electron chi connectivity index (χ2n) is 5.63. The summed E-state index contributed by atoms with van der Waals surface area (Å²) in [5, 5.41) is 5.22. The minimum absolute atomic E-state index is 0.0336. The second-order valence-corrected chi connectivity index (χ2v) is 6.06. The Labute approximate surface area is 147 Å². The molecule has 1 aromatic carbocycles. The summed E-state index contributed by atoms with van der Waals surface area (Å²) in [5.41, 5.74) is -1.08. The fourth-order valence-electron chi connectivity index (χ4n) is 2.08. The van der Waals surface area contributed by atoms with Crippen molar-refractivity contribution < 1.29 is 18.0 Å². The zero-order chi connectivity index (χ0) is 18.8. The molecule has 0 aliphatic heterocycles. The van der Waals surface area contributed by atoms with Gasteiger partial charge in [-0.15, -0.1) is 0 Å². The number of nitrogens with zero attached hydrogens (tertiary/aromatic N) is 2. The summed E-state index contributed by atoms with van der Waals surface area (Å²) >= 11 is 5.66. The second kappa shape index (κ2) is 7.26. The van der Waals surface area contributed by atoms with Crippen molar-refractivity contribution in [2.45, 2.75) is 33.0 Å². The molecule has 1 heterocycles. The third-order valence-electron chi connectivity index (χ3n) is 3.04. The van der Waals surface area contributed by atoms with Gasteiger partial charge in [0.25, 0.3) is 5.91 Å². The first-order chi connectivity index (χ1) is 11.6. The van der Waals surface area contributed by atoms with Crippen LogP contribution < -0.4 is 10.6 Å². The number of carbonyl (C=O) groups is 1. The largest absolute Gasteiger partial charge is 0.418 e. The number of hydrogen-bond donors (Lipinski definition) is 2. The number of nitrogens with one attached hydrogen (secondary N) is 2. The highest BCUT2D eigenvalue weighted by atomic mass is 35.5. The first-order valence-corrected chi connectivity index (χ1v) is 7.74. The van der Waals surface area contributed by atoms with Gasteiger partial charge in [-0.3, -0.25) is 4.79 Å². The van der Waals surface area contributed by atoms with Gasteiger partial charge < -0.3 is 10.6 Å². The van der Waals surface area contributed by atoms with Gasteiger partial charge in [0.2, 0.25) is 0 Å². The molecule has 0 unspecified atom stereocenters. The van der Waals surface area contributed by atoms with Gasteiger partial charge in [0.15, 0.2) is 0 Å². The number of carbonyl (C=O) groups excluding carboxylic acids is 1. The molecule has 2 aromatic rings. The Kier molecular flexibility index (Phi) is 5.52. The van der Waals surface area contributed by atoms with Crippen LogP contribution in [0, 0.1) is 6.92 Å². The lowest BCUT2D eigenvalue weighted by molar-refractivity contribution is -0.136. The molecule has 0 spiro atoms. The number of hydrogen-bond acceptors (Lipinski definition) is 4. The average Bonchev–Trinajstić information content (AvgIpc) is 2.46. The van der Waals surface area contributed by atoms with E-state index in [-0.39, 0.29) is 34.1 Å². The predicted octanol–water partition coefficient (Wildman–Crippen LogP) is 4.34. The Balaban J connectivity index is 2.38. The van der Waals surface area contributed by atoms with E-state index >= 15 is 0 Å². The van der Waals surface area contributed by atoms with Gasteiger partial charge >= 0.3 is 6.18 Å². The van der Waals surface area contributed by atoms with E-state index in [0.29, 0.717) is 0 Å². The lowest BCUT2D eigenvalue weighted by Gasteiger charge is -2.15. The number of aromatic nitrogens is 2. The van der Waals surface area contributed by atoms with Crippen LogP contribution >= 0.6 is 11.6 Å². The minimum Gasteiger partial charge on any atom is -0.349 e. The lowest BCUT2D eigenvalue weighted by atomic mass is 10.1. The standard InChI is InChI=1S/C16H16ClF3N4O/c1-8(2)21-15(25)13-7-14(23-9(3)22-13)24-12-5-4-10(17)6-11(12)16(18,19)20/h4-8H,1-3H3,(H,21,25)(H,22,23,24). The first-order valence-electron chi connectivity index (χ1n) is 7.36. The number of rotatable bonds is 4. The zero-order valence-electron chi connectivity index (χ0n) is 13.7. The molecule has 9 heteroatoms. The van der Waals surface area contributed by atoms with E-state index in [1.54, 1.807) is 20.8 Å². The maximum atomic E-state index is 13.2. The van der Waals surface area contributed by atoms with Gasteiger partial charge in [0, 0.05) is 17.1 Å². The van der Waals surface area contributed by atoms with E-state index in [4.69, 9.17) is 11.6 Å². The van der Waals surface area contributed by atoms with Crippen molar-refractivity contribution in [3.8, 4) is 0 Å². The number of anilines is 2. The predicted molar refractivity (Wildman–Crippen MR) is 89.1 cm³/mol. The average molecular weight is 373 g/mol. The molecule has 2 N–H and O–H groups in total. The SMILES string of the molecule is Cc1nc(Nc2ccc(Cl)cc2C(F)(F)F)cc(C(=O)NC(C)C)n1. The molecule has 0 saturated carbocycles. The molecule has 0 atom stereocenters. The van der Waals surface area contributed by atoms with Crippen molar-refractivity contribution in [3.63, 3.8) is 0 Å². The summed E-state index contributed by atoms with van der Waals surface area (Å²) in [4.78, 5) is 20.1. The van der Waals surface area contributed by atoms with E-state index < -0.39 is 17.6 Å². The van der Waals surface area contributed by atoms with E-state index in [0.717, 1.165) is 6.07 Å². The monoisotopic (exact) mass is 372 g/mol. The molecule has 1 amide bonds. The maximum absolute atomic E-state index is 13.2. The minimum atomic E-state index is -4.59. The molecule has 2 rings (SSSR count). The Morgan fingerprint density at radius 3 is 2.48 bits per heavy atom. The maximum Gasteiger partial charge on any atom is 0.418 e. The van der Waals surface area contributed by atoms with Crippen LogP contribution in [-0.4, -0.2) is 21.9 Å². The van der Waals surface area contributed by atoms with Crippen LogP contribution in [0.3, 0.4) is 0 Å². The summed E-state index contributed by atoms with van der Waals surface area (Å²) in [7, 11) is 0. The molecular formula is C16H16ClF3N4O. The van der Waals surface area contributed by atoms with E-state index in [1.165, 1.54) is 18.2 Å². The van der Waals surface area contributed by atoms with Crippen LogP contribution in [0.15, 0.2) is 24.3 Å². The van der Waals surface area contributed by atoms with Crippen molar-refractivity contribution in [1.82, 2.24) is 15.3 Å². The third kappa shape index (κ3) is 5.06. The van der Waals surface area contributed by atoms with Crippen LogP contribution in [0.5, 0.6) is 0 Å². The van der Waals surface area contributed by atoms with E-state index in [2.05, 4.69) is 20.6 Å². The Hall–Kier alpha value is -2.35. The quantitative estimate of drug-likeness (QED) is 0.837. The van der Waals surface area contributed by atoms with Crippen LogP contribution in [0.1, 0.15) is 35.7 Å². The normalized spacial score (nSPS) is 11.5. The molecule has 0 aliphatic carbocycles. The van der Waals surface area contributed by atoms with Crippen LogP contribution in [0.25, 0.3) is 0 Å². The topological polar surface area (TPSA) is 66.9 Å². The molecule has 0 bridgehead atoms. The van der Waals surface area contributed by atoms with Crippen LogP contribution in [0.2, 0.25) is 5.02 Å². The van der Waals surface area contributed by atoms with E-state index in [1.807, 2.05) is 0 Å². The zero-order valence-corrected chi connectivity index (χ0v) is 14.5. The highest BCUT2D eigenvalue weighted by molar-refractivity contribution is 6.30. The van der Waals surface area contributed by atoms with Gasteiger partial charge in [0.1, 0.15) is 17.3 Å². The smallest absolute Gasteiger partial charge is 0.349 e. The fourth-order valence-corrected chi connectivity index (χ4v) is 2.25. The van der Waals surface area contributed by atoms with Crippen molar-refractivity contribution in [1.29, 1.82) is 0 Å². The molecule has 1 aromatic heterocycles. The van der Waals surface area contributed by atoms with Crippen molar-refractivity contribution in [2.75, 3.05) is 5.32 Å². The molecule has 0 aliphatic rings. The third-order valence-corrected chi connectivity index (χ3v) is 3.28. The Morgan fingerprint density at radius 2 is 1.88 bits per heavy atom. The summed E-state index contributed by atoms with van der Waals surface area (Å²) in [6.45, 7) is 5.12. The van der Waals surface area contributed by atoms with Crippen molar-refractivity contribution in [2.24, 2.45) is 0 Å². The van der Waals surface area contributed by atoms with Crippen LogP contribution in [-0.2, 0) is 6.18 Å². The number of alkyl halides is 3. The highest BCUT2D eigenvalue weighted by Gasteiger charge is 2.34. The van der Waals surface area contributed by atoms with Gasteiger partial charge in [-0.25, -0.2) is 9.97 Å². The Bertz CT molecular complexity index is 793. The summed E-state index contributed by atoms with van der Waals surface area (Å²) in [5.74, 6) is -0.105. The van der Waals surface area contributed by atoms with Gasteiger partial charge in [-0.05, 0) is 39.0 Å². The summed E-state index contributed by atoms with van der Waals surface area (Å²) < 4.78 is 39.5. The molecule has 0 radical (unpaired) electrons. The molecule has 134 valence electrons.